The molecule has 22 heavy (non-hydrogen) atoms. The average Bonchev–Trinajstić information content (AvgIpc) is 2.50. The van der Waals surface area contributed by atoms with Gasteiger partial charge in [-0.15, -0.1) is 0 Å². The molecule has 0 unspecified atom stereocenters. The second-order valence-electron chi connectivity index (χ2n) is 4.77. The highest BCUT2D eigenvalue weighted by Crippen LogP contribution is 2.28. The van der Waals surface area contributed by atoms with Crippen molar-refractivity contribution < 1.29 is 13.2 Å². The van der Waals surface area contributed by atoms with Crippen LogP contribution in [0, 0.1) is 0 Å². The van der Waals surface area contributed by atoms with E-state index in [2.05, 4.69) is 15.2 Å². The van der Waals surface area contributed by atoms with Crippen LogP contribution in [0.2, 0.25) is 0 Å². The van der Waals surface area contributed by atoms with Gasteiger partial charge in [0.25, 0.3) is 5.56 Å². The molecule has 0 saturated carbocycles. The third-order valence-electron chi connectivity index (χ3n) is 3.26. The zero-order valence-corrected chi connectivity index (χ0v) is 11.2. The fourth-order valence-electron chi connectivity index (χ4n) is 2.24. The lowest BCUT2D eigenvalue weighted by molar-refractivity contribution is -0.141. The van der Waals surface area contributed by atoms with Gasteiger partial charge in [-0.2, -0.15) is 18.3 Å². The average molecular weight is 305 g/mol. The van der Waals surface area contributed by atoms with Crippen LogP contribution >= 0.6 is 0 Å². The number of nitrogens with one attached hydrogen (secondary N) is 1. The molecule has 0 aliphatic rings. The number of rotatable bonds is 2. The molecule has 0 amide bonds. The molecule has 3 rings (SSSR count). The van der Waals surface area contributed by atoms with E-state index in [0.717, 1.165) is 12.3 Å². The maximum absolute atomic E-state index is 12.7. The Hall–Kier alpha value is -2.70. The summed E-state index contributed by atoms with van der Waals surface area (Å²) in [6.45, 7) is 0. The lowest BCUT2D eigenvalue weighted by Gasteiger charge is -2.08. The van der Waals surface area contributed by atoms with Crippen molar-refractivity contribution in [1.29, 1.82) is 0 Å². The first-order valence-electron chi connectivity index (χ1n) is 6.43. The van der Waals surface area contributed by atoms with E-state index in [1.807, 2.05) is 0 Å². The summed E-state index contributed by atoms with van der Waals surface area (Å²) in [5.74, 6) is 0. The number of hydrogen-bond acceptors (Lipinski definition) is 3. The van der Waals surface area contributed by atoms with Crippen molar-refractivity contribution in [3.63, 3.8) is 0 Å². The number of fused-ring (bicyclic) bond motifs is 1. The topological polar surface area (TPSA) is 58.6 Å². The summed E-state index contributed by atoms with van der Waals surface area (Å²) in [5.41, 5.74) is -0.342. The zero-order chi connectivity index (χ0) is 15.7. The number of halogens is 3. The molecule has 0 atom stereocenters. The maximum Gasteiger partial charge on any atom is 0.433 e. The van der Waals surface area contributed by atoms with Gasteiger partial charge in [0.2, 0.25) is 0 Å². The Bertz CT molecular complexity index is 887. The Kier molecular flexibility index (Phi) is 3.40. The number of nitrogens with zero attached hydrogens (tertiary/aromatic N) is 2. The van der Waals surface area contributed by atoms with Gasteiger partial charge in [0, 0.05) is 18.0 Å². The third kappa shape index (κ3) is 2.69. The van der Waals surface area contributed by atoms with Gasteiger partial charge in [0.1, 0.15) is 5.69 Å². The highest BCUT2D eigenvalue weighted by molar-refractivity contribution is 5.83. The monoisotopic (exact) mass is 305 g/mol. The van der Waals surface area contributed by atoms with Gasteiger partial charge < -0.3 is 0 Å². The van der Waals surface area contributed by atoms with Crippen LogP contribution in [0.4, 0.5) is 13.2 Å². The van der Waals surface area contributed by atoms with E-state index < -0.39 is 11.9 Å². The van der Waals surface area contributed by atoms with E-state index in [0.29, 0.717) is 22.0 Å². The van der Waals surface area contributed by atoms with Crippen molar-refractivity contribution in [1.82, 2.24) is 15.2 Å². The standard InChI is InChI=1S/C15H10F3N3O/c16-15(17,18)13-8-9(5-6-19-13)7-12-10-3-1-2-4-11(10)14(22)21-20-12/h1-6,8H,7H2,(H,21,22). The molecule has 0 fully saturated rings. The molecule has 2 aromatic heterocycles. The van der Waals surface area contributed by atoms with E-state index >= 15 is 0 Å². The predicted octanol–water partition coefficient (Wildman–Crippen LogP) is 2.93. The molecule has 0 radical (unpaired) electrons. The van der Waals surface area contributed by atoms with Crippen LogP contribution < -0.4 is 5.56 Å². The van der Waals surface area contributed by atoms with Crippen LogP contribution in [0.15, 0.2) is 47.4 Å². The molecule has 3 aromatic rings. The van der Waals surface area contributed by atoms with E-state index in [4.69, 9.17) is 0 Å². The second kappa shape index (κ2) is 5.25. The first kappa shape index (κ1) is 14.2. The van der Waals surface area contributed by atoms with Crippen LogP contribution in [0.1, 0.15) is 17.0 Å². The quantitative estimate of drug-likeness (QED) is 0.792. The molecular formula is C15H10F3N3O. The molecule has 0 aliphatic carbocycles. The first-order valence-corrected chi connectivity index (χ1v) is 6.43. The number of H-pyrrole nitrogens is 1. The molecule has 0 spiro atoms. The fourth-order valence-corrected chi connectivity index (χ4v) is 2.24. The van der Waals surface area contributed by atoms with Gasteiger partial charge in [0.15, 0.2) is 0 Å². The smallest absolute Gasteiger partial charge is 0.267 e. The summed E-state index contributed by atoms with van der Waals surface area (Å²) in [6, 6.07) is 9.32. The number of alkyl halides is 3. The summed E-state index contributed by atoms with van der Waals surface area (Å²) < 4.78 is 38.1. The number of pyridine rings is 1. The van der Waals surface area contributed by atoms with Gasteiger partial charge >= 0.3 is 6.18 Å². The molecule has 2 heterocycles. The van der Waals surface area contributed by atoms with Crippen molar-refractivity contribution in [2.24, 2.45) is 0 Å². The maximum atomic E-state index is 12.7. The van der Waals surface area contributed by atoms with Crippen molar-refractivity contribution in [2.45, 2.75) is 12.6 Å². The van der Waals surface area contributed by atoms with Crippen LogP contribution in [-0.4, -0.2) is 15.2 Å². The van der Waals surface area contributed by atoms with Crippen molar-refractivity contribution in [2.75, 3.05) is 0 Å². The number of aromatic nitrogens is 3. The molecule has 4 nitrogen and oxygen atoms in total. The summed E-state index contributed by atoms with van der Waals surface area (Å²) in [7, 11) is 0. The lowest BCUT2D eigenvalue weighted by atomic mass is 10.0. The van der Waals surface area contributed by atoms with E-state index in [9.17, 15) is 18.0 Å². The van der Waals surface area contributed by atoms with Gasteiger partial charge in [-0.3, -0.25) is 9.78 Å². The number of benzene rings is 1. The molecule has 1 aromatic carbocycles. The fraction of sp³-hybridized carbons (Fsp3) is 0.133. The Morgan fingerprint density at radius 1 is 1.09 bits per heavy atom. The van der Waals surface area contributed by atoms with E-state index in [1.165, 1.54) is 6.07 Å². The zero-order valence-electron chi connectivity index (χ0n) is 11.2. The van der Waals surface area contributed by atoms with Gasteiger partial charge in [-0.1, -0.05) is 18.2 Å². The Labute approximate surface area is 122 Å². The predicted molar refractivity (Wildman–Crippen MR) is 74.4 cm³/mol. The molecule has 1 N–H and O–H groups in total. The normalized spacial score (nSPS) is 11.8. The molecule has 112 valence electrons. The Balaban J connectivity index is 2.04. The largest absolute Gasteiger partial charge is 0.433 e. The minimum Gasteiger partial charge on any atom is -0.267 e. The molecule has 0 aliphatic heterocycles. The first-order chi connectivity index (χ1) is 10.4. The minimum absolute atomic E-state index is 0.170. The molecule has 0 bridgehead atoms. The van der Waals surface area contributed by atoms with E-state index in [-0.39, 0.29) is 12.0 Å². The van der Waals surface area contributed by atoms with Crippen molar-refractivity contribution >= 4 is 10.8 Å². The third-order valence-corrected chi connectivity index (χ3v) is 3.26. The van der Waals surface area contributed by atoms with Gasteiger partial charge in [0.05, 0.1) is 11.1 Å². The van der Waals surface area contributed by atoms with Crippen LogP contribution in [0.5, 0.6) is 0 Å². The second-order valence-corrected chi connectivity index (χ2v) is 4.77. The van der Waals surface area contributed by atoms with Crippen molar-refractivity contribution in [3.8, 4) is 0 Å². The Morgan fingerprint density at radius 2 is 1.82 bits per heavy atom. The van der Waals surface area contributed by atoms with Gasteiger partial charge in [-0.05, 0) is 23.8 Å². The van der Waals surface area contributed by atoms with Crippen LogP contribution in [0.25, 0.3) is 10.8 Å². The summed E-state index contributed by atoms with van der Waals surface area (Å²) in [5, 5.41) is 7.40. The summed E-state index contributed by atoms with van der Waals surface area (Å²) in [4.78, 5) is 15.0. The molecular weight excluding hydrogens is 295 g/mol. The number of aromatic amines is 1. The minimum atomic E-state index is -4.49. The number of hydrogen-bond donors (Lipinski definition) is 1. The Morgan fingerprint density at radius 3 is 2.55 bits per heavy atom. The summed E-state index contributed by atoms with van der Waals surface area (Å²) >= 11 is 0. The highest BCUT2D eigenvalue weighted by Gasteiger charge is 2.32. The van der Waals surface area contributed by atoms with Gasteiger partial charge in [-0.25, -0.2) is 5.10 Å². The van der Waals surface area contributed by atoms with E-state index in [1.54, 1.807) is 24.3 Å². The lowest BCUT2D eigenvalue weighted by Crippen LogP contribution is -2.12. The molecule has 0 saturated heterocycles. The van der Waals surface area contributed by atoms with Crippen molar-refractivity contribution in [3.05, 3.63) is 69.9 Å². The SMILES string of the molecule is O=c1[nH]nc(Cc2ccnc(C(F)(F)F)c2)c2ccccc12. The van der Waals surface area contributed by atoms with Crippen LogP contribution in [0.3, 0.4) is 0 Å². The highest BCUT2D eigenvalue weighted by atomic mass is 19.4. The van der Waals surface area contributed by atoms with Crippen LogP contribution in [-0.2, 0) is 12.6 Å². The summed E-state index contributed by atoms with van der Waals surface area (Å²) in [6.07, 6.45) is -3.20. The molecule has 7 heteroatoms.